The monoisotopic (exact) mass is 320 g/mol. The van der Waals surface area contributed by atoms with E-state index in [0.29, 0.717) is 12.2 Å². The first-order valence-electron chi connectivity index (χ1n) is 7.41. The summed E-state index contributed by atoms with van der Waals surface area (Å²) in [4.78, 5) is 14.5. The second-order valence-corrected chi connectivity index (χ2v) is 5.42. The zero-order valence-electron chi connectivity index (χ0n) is 12.4. The summed E-state index contributed by atoms with van der Waals surface area (Å²) in [5, 5.41) is 7.11. The van der Waals surface area contributed by atoms with Crippen LogP contribution >= 0.6 is 12.4 Å². The maximum absolute atomic E-state index is 12.6. The molecule has 0 spiro atoms. The Kier molecular flexibility index (Phi) is 5.57. The summed E-state index contributed by atoms with van der Waals surface area (Å²) in [5.41, 5.74) is 8.12. The highest BCUT2D eigenvalue weighted by molar-refractivity contribution is 5.93. The molecular formula is C16H21ClN4O. The Morgan fingerprint density at radius 3 is 2.82 bits per heavy atom. The van der Waals surface area contributed by atoms with Gasteiger partial charge in [-0.15, -0.1) is 12.4 Å². The highest BCUT2D eigenvalue weighted by atomic mass is 35.5. The smallest absolute Gasteiger partial charge is 0.272 e. The van der Waals surface area contributed by atoms with Gasteiger partial charge in [0.15, 0.2) is 0 Å². The van der Waals surface area contributed by atoms with Gasteiger partial charge in [-0.1, -0.05) is 30.3 Å². The van der Waals surface area contributed by atoms with Gasteiger partial charge in [0.05, 0.1) is 5.69 Å². The number of amides is 1. The Morgan fingerprint density at radius 1 is 1.32 bits per heavy atom. The molecule has 5 nitrogen and oxygen atoms in total. The number of nitrogens with one attached hydrogen (secondary N) is 1. The van der Waals surface area contributed by atoms with Crippen LogP contribution in [0.25, 0.3) is 11.3 Å². The van der Waals surface area contributed by atoms with E-state index in [2.05, 4.69) is 10.2 Å². The molecule has 3 N–H and O–H groups in total. The Bertz CT molecular complexity index is 614. The Morgan fingerprint density at radius 2 is 2.09 bits per heavy atom. The van der Waals surface area contributed by atoms with Crippen LogP contribution in [0.3, 0.4) is 0 Å². The number of piperidine rings is 1. The van der Waals surface area contributed by atoms with E-state index in [1.54, 1.807) is 0 Å². The van der Waals surface area contributed by atoms with Crippen LogP contribution in [-0.2, 0) is 0 Å². The second kappa shape index (κ2) is 7.42. The van der Waals surface area contributed by atoms with E-state index in [9.17, 15) is 4.79 Å². The number of benzene rings is 1. The maximum Gasteiger partial charge on any atom is 0.272 e. The van der Waals surface area contributed by atoms with E-state index in [1.165, 1.54) is 0 Å². The molecular weight excluding hydrogens is 300 g/mol. The van der Waals surface area contributed by atoms with E-state index in [1.807, 2.05) is 41.3 Å². The molecule has 1 aliphatic heterocycles. The number of nitrogens with zero attached hydrogens (tertiary/aromatic N) is 2. The van der Waals surface area contributed by atoms with Crippen LogP contribution in [0.4, 0.5) is 0 Å². The van der Waals surface area contributed by atoms with Gasteiger partial charge in [0.25, 0.3) is 5.91 Å². The van der Waals surface area contributed by atoms with E-state index >= 15 is 0 Å². The fourth-order valence-corrected chi connectivity index (χ4v) is 2.86. The minimum absolute atomic E-state index is 0. The average Bonchev–Trinajstić information content (AvgIpc) is 3.05. The molecule has 0 bridgehead atoms. The van der Waals surface area contributed by atoms with Crippen LogP contribution in [0.15, 0.2) is 36.4 Å². The summed E-state index contributed by atoms with van der Waals surface area (Å²) < 4.78 is 0. The molecule has 22 heavy (non-hydrogen) atoms. The summed E-state index contributed by atoms with van der Waals surface area (Å²) in [6, 6.07) is 11.8. The first-order chi connectivity index (χ1) is 10.3. The number of hydrogen-bond donors (Lipinski definition) is 2. The molecule has 1 saturated heterocycles. The second-order valence-electron chi connectivity index (χ2n) is 5.42. The molecule has 0 radical (unpaired) electrons. The standard InChI is InChI=1S/C16H20N4O.ClH/c17-11-13-8-4-5-9-20(13)16(21)15-10-14(18-19-15)12-6-2-1-3-7-12;/h1-3,6-7,10,13H,4-5,8-9,11,17H2,(H,18,19);1H. The normalized spacial score (nSPS) is 17.9. The molecule has 1 aromatic heterocycles. The predicted octanol–water partition coefficient (Wildman–Crippen LogP) is 2.45. The molecule has 1 amide bonds. The van der Waals surface area contributed by atoms with Crippen LogP contribution in [0.5, 0.6) is 0 Å². The lowest BCUT2D eigenvalue weighted by molar-refractivity contribution is 0.0617. The number of rotatable bonds is 3. The van der Waals surface area contributed by atoms with Gasteiger partial charge in [0, 0.05) is 24.7 Å². The van der Waals surface area contributed by atoms with Gasteiger partial charge in [-0.2, -0.15) is 5.10 Å². The van der Waals surface area contributed by atoms with Crippen molar-refractivity contribution in [2.24, 2.45) is 5.73 Å². The van der Waals surface area contributed by atoms with Gasteiger partial charge in [0.1, 0.15) is 5.69 Å². The molecule has 6 heteroatoms. The largest absolute Gasteiger partial charge is 0.333 e. The molecule has 2 heterocycles. The fourth-order valence-electron chi connectivity index (χ4n) is 2.86. The molecule has 2 aromatic rings. The van der Waals surface area contributed by atoms with E-state index in [0.717, 1.165) is 37.1 Å². The van der Waals surface area contributed by atoms with Crippen molar-refractivity contribution in [2.75, 3.05) is 13.1 Å². The molecule has 118 valence electrons. The summed E-state index contributed by atoms with van der Waals surface area (Å²) in [6.45, 7) is 1.30. The molecule has 1 aliphatic rings. The Hall–Kier alpha value is -1.85. The maximum atomic E-state index is 12.6. The highest BCUT2D eigenvalue weighted by Crippen LogP contribution is 2.21. The number of aromatic amines is 1. The number of carbonyl (C=O) groups is 1. The lowest BCUT2D eigenvalue weighted by atomic mass is 10.0. The van der Waals surface area contributed by atoms with Crippen molar-refractivity contribution >= 4 is 18.3 Å². The lowest BCUT2D eigenvalue weighted by Gasteiger charge is -2.34. The van der Waals surface area contributed by atoms with Gasteiger partial charge >= 0.3 is 0 Å². The minimum atomic E-state index is -0.000156. The van der Waals surface area contributed by atoms with Gasteiger partial charge < -0.3 is 10.6 Å². The molecule has 0 saturated carbocycles. The number of H-pyrrole nitrogens is 1. The number of carbonyl (C=O) groups excluding carboxylic acids is 1. The first-order valence-corrected chi connectivity index (χ1v) is 7.41. The van der Waals surface area contributed by atoms with Crippen LogP contribution in [0, 0.1) is 0 Å². The van der Waals surface area contributed by atoms with Crippen LogP contribution in [0.1, 0.15) is 29.8 Å². The van der Waals surface area contributed by atoms with Crippen molar-refractivity contribution in [3.8, 4) is 11.3 Å². The quantitative estimate of drug-likeness (QED) is 0.912. The van der Waals surface area contributed by atoms with Crippen molar-refractivity contribution in [3.05, 3.63) is 42.1 Å². The predicted molar refractivity (Wildman–Crippen MR) is 89.0 cm³/mol. The Balaban J connectivity index is 0.00000176. The molecule has 1 fully saturated rings. The molecule has 3 rings (SSSR count). The van der Waals surface area contributed by atoms with Crippen molar-refractivity contribution in [1.29, 1.82) is 0 Å². The van der Waals surface area contributed by atoms with Gasteiger partial charge in [-0.05, 0) is 25.3 Å². The van der Waals surface area contributed by atoms with Crippen molar-refractivity contribution < 1.29 is 4.79 Å². The summed E-state index contributed by atoms with van der Waals surface area (Å²) in [7, 11) is 0. The van der Waals surface area contributed by atoms with E-state index in [4.69, 9.17) is 5.73 Å². The highest BCUT2D eigenvalue weighted by Gasteiger charge is 2.27. The van der Waals surface area contributed by atoms with Crippen molar-refractivity contribution in [2.45, 2.75) is 25.3 Å². The van der Waals surface area contributed by atoms with Crippen molar-refractivity contribution in [1.82, 2.24) is 15.1 Å². The minimum Gasteiger partial charge on any atom is -0.333 e. The topological polar surface area (TPSA) is 75.0 Å². The third kappa shape index (κ3) is 3.31. The zero-order valence-corrected chi connectivity index (χ0v) is 13.2. The number of likely N-dealkylation sites (tertiary alicyclic amines) is 1. The lowest BCUT2D eigenvalue weighted by Crippen LogP contribution is -2.47. The van der Waals surface area contributed by atoms with Crippen molar-refractivity contribution in [3.63, 3.8) is 0 Å². The number of hydrogen-bond acceptors (Lipinski definition) is 3. The SMILES string of the molecule is Cl.NCC1CCCCN1C(=O)c1cc(-c2ccccc2)n[nH]1. The van der Waals surface area contributed by atoms with E-state index < -0.39 is 0 Å². The molecule has 0 aliphatic carbocycles. The van der Waals surface area contributed by atoms with Crippen LogP contribution in [-0.4, -0.2) is 40.1 Å². The molecule has 1 aromatic carbocycles. The fraction of sp³-hybridized carbons (Fsp3) is 0.375. The zero-order chi connectivity index (χ0) is 14.7. The average molecular weight is 321 g/mol. The van der Waals surface area contributed by atoms with Crippen LogP contribution in [0.2, 0.25) is 0 Å². The number of aromatic nitrogens is 2. The third-order valence-corrected chi connectivity index (χ3v) is 4.04. The van der Waals surface area contributed by atoms with Gasteiger partial charge in [-0.3, -0.25) is 9.89 Å². The van der Waals surface area contributed by atoms with E-state index in [-0.39, 0.29) is 24.4 Å². The summed E-state index contributed by atoms with van der Waals surface area (Å²) in [6.07, 6.45) is 3.17. The molecule has 1 atom stereocenters. The van der Waals surface area contributed by atoms with Gasteiger partial charge in [-0.25, -0.2) is 0 Å². The number of halogens is 1. The Labute approximate surface area is 136 Å². The molecule has 1 unspecified atom stereocenters. The third-order valence-electron chi connectivity index (χ3n) is 4.04. The summed E-state index contributed by atoms with van der Waals surface area (Å²) in [5.74, 6) is -0.000156. The first kappa shape index (κ1) is 16.5. The summed E-state index contributed by atoms with van der Waals surface area (Å²) >= 11 is 0. The van der Waals surface area contributed by atoms with Crippen LogP contribution < -0.4 is 5.73 Å². The van der Waals surface area contributed by atoms with Gasteiger partial charge in [0.2, 0.25) is 0 Å². The number of nitrogens with two attached hydrogens (primary N) is 1.